The van der Waals surface area contributed by atoms with E-state index >= 15 is 0 Å². The molecule has 0 aliphatic carbocycles. The minimum atomic E-state index is -0.181. The smallest absolute Gasteiger partial charge is 0.279 e. The van der Waals surface area contributed by atoms with Gasteiger partial charge < -0.3 is 10.2 Å². The van der Waals surface area contributed by atoms with Crippen LogP contribution >= 0.6 is 11.3 Å². The van der Waals surface area contributed by atoms with Crippen molar-refractivity contribution in [1.29, 1.82) is 0 Å². The summed E-state index contributed by atoms with van der Waals surface area (Å²) >= 11 is 1.37. The first-order chi connectivity index (χ1) is 11.9. The van der Waals surface area contributed by atoms with Crippen LogP contribution in [0.15, 0.2) is 35.1 Å². The fraction of sp³-hybridized carbons (Fsp3) is 0.294. The number of likely N-dealkylation sites (N-methyl/N-ethyl adjacent to an activating group) is 1. The Hall–Kier alpha value is -2.58. The molecule has 1 unspecified atom stereocenters. The van der Waals surface area contributed by atoms with E-state index in [0.717, 1.165) is 21.2 Å². The second-order valence-corrected chi connectivity index (χ2v) is 7.19. The number of nitrogens with one attached hydrogen (secondary N) is 2. The Morgan fingerprint density at radius 2 is 2.00 bits per heavy atom. The summed E-state index contributed by atoms with van der Waals surface area (Å²) in [7, 11) is 1.92. The fourth-order valence-electron chi connectivity index (χ4n) is 2.47. The molecule has 0 fully saturated rings. The number of rotatable bonds is 5. The summed E-state index contributed by atoms with van der Waals surface area (Å²) in [5.74, 6) is -0.0615. The topological polar surface area (TPSA) is 80.8 Å². The molecule has 0 radical (unpaired) electrons. The maximum absolute atomic E-state index is 12.2. The number of quaternary nitrogens is 1. The van der Waals surface area contributed by atoms with E-state index in [1.54, 1.807) is 6.92 Å². The van der Waals surface area contributed by atoms with E-state index in [2.05, 4.69) is 15.4 Å². The normalized spacial score (nSPS) is 12.3. The maximum atomic E-state index is 12.2. The molecule has 1 aromatic carbocycles. The molecule has 2 aromatic heterocycles. The van der Waals surface area contributed by atoms with Crippen molar-refractivity contribution in [3.63, 3.8) is 0 Å². The Kier molecular flexibility index (Phi) is 4.91. The maximum Gasteiger partial charge on any atom is 0.279 e. The van der Waals surface area contributed by atoms with E-state index in [1.807, 2.05) is 38.2 Å². The van der Waals surface area contributed by atoms with Gasteiger partial charge in [-0.15, -0.1) is 0 Å². The second-order valence-electron chi connectivity index (χ2n) is 6.15. The highest BCUT2D eigenvalue weighted by atomic mass is 32.1. The molecule has 25 heavy (non-hydrogen) atoms. The first-order valence-corrected chi connectivity index (χ1v) is 8.76. The molecule has 0 aliphatic heterocycles. The van der Waals surface area contributed by atoms with Crippen LogP contribution in [0.5, 0.6) is 0 Å². The second kappa shape index (κ2) is 7.12. The monoisotopic (exact) mass is 358 g/mol. The number of aryl methyl sites for hydroxylation is 2. The van der Waals surface area contributed by atoms with Gasteiger partial charge in [0, 0.05) is 17.4 Å². The molecule has 2 N–H and O–H groups in total. The van der Waals surface area contributed by atoms with Gasteiger partial charge in [-0.25, -0.2) is 4.98 Å². The third kappa shape index (κ3) is 4.28. The lowest BCUT2D eigenvalue weighted by Gasteiger charge is -2.12. The minimum absolute atomic E-state index is 0.0615. The molecule has 3 aromatic rings. The summed E-state index contributed by atoms with van der Waals surface area (Å²) in [6.45, 7) is 4.65. The molecule has 0 aliphatic rings. The van der Waals surface area contributed by atoms with Crippen LogP contribution in [0, 0.1) is 13.8 Å². The molecular weight excluding hydrogens is 338 g/mol. The SMILES string of the molecule is Cc1ccc(NC(=O)C[NH+](C)Cc2nn3c(=O)cc(C)nc3s2)cc1. The summed E-state index contributed by atoms with van der Waals surface area (Å²) in [6.07, 6.45) is 0. The number of carbonyl (C=O) groups excluding carboxylic acids is 1. The van der Waals surface area contributed by atoms with E-state index in [1.165, 1.54) is 21.9 Å². The minimum Gasteiger partial charge on any atom is -0.324 e. The van der Waals surface area contributed by atoms with Gasteiger partial charge in [-0.3, -0.25) is 9.59 Å². The number of nitrogens with zero attached hydrogens (tertiary/aromatic N) is 3. The number of anilines is 1. The number of hydrogen-bond acceptors (Lipinski definition) is 5. The molecule has 0 spiro atoms. The lowest BCUT2D eigenvalue weighted by atomic mass is 10.2. The molecule has 1 amide bonds. The average Bonchev–Trinajstić information content (AvgIpc) is 2.91. The van der Waals surface area contributed by atoms with Gasteiger partial charge in [0.15, 0.2) is 11.6 Å². The summed E-state index contributed by atoms with van der Waals surface area (Å²) in [4.78, 5) is 29.9. The third-order valence-corrected chi connectivity index (χ3v) is 4.57. The summed E-state index contributed by atoms with van der Waals surface area (Å²) in [5.41, 5.74) is 2.43. The van der Waals surface area contributed by atoms with Gasteiger partial charge in [0.25, 0.3) is 11.5 Å². The standard InChI is InChI=1S/C17H19N5O2S/c1-11-4-6-13(7-5-11)19-14(23)9-21(3)10-15-20-22-16(24)8-12(2)18-17(22)25-15/h4-8H,9-10H2,1-3H3,(H,19,23)/p+1. The molecule has 3 rings (SSSR count). The van der Waals surface area contributed by atoms with E-state index in [4.69, 9.17) is 0 Å². The van der Waals surface area contributed by atoms with Crippen LogP contribution in [0.1, 0.15) is 16.3 Å². The van der Waals surface area contributed by atoms with Crippen molar-refractivity contribution in [3.8, 4) is 0 Å². The van der Waals surface area contributed by atoms with E-state index < -0.39 is 0 Å². The van der Waals surface area contributed by atoms with Crippen LogP contribution in [0.4, 0.5) is 5.69 Å². The molecule has 0 bridgehead atoms. The van der Waals surface area contributed by atoms with Crippen molar-refractivity contribution in [2.75, 3.05) is 18.9 Å². The molecule has 1 atom stereocenters. The van der Waals surface area contributed by atoms with Gasteiger partial charge in [0.05, 0.1) is 7.05 Å². The summed E-state index contributed by atoms with van der Waals surface area (Å²) < 4.78 is 1.31. The van der Waals surface area contributed by atoms with Crippen molar-refractivity contribution in [2.24, 2.45) is 0 Å². The number of benzene rings is 1. The van der Waals surface area contributed by atoms with Crippen LogP contribution in [-0.4, -0.2) is 34.1 Å². The van der Waals surface area contributed by atoms with Gasteiger partial charge in [-0.1, -0.05) is 29.0 Å². The lowest BCUT2D eigenvalue weighted by Crippen LogP contribution is -3.08. The van der Waals surface area contributed by atoms with E-state index in [0.29, 0.717) is 23.7 Å². The average molecular weight is 358 g/mol. The van der Waals surface area contributed by atoms with Gasteiger partial charge in [-0.2, -0.15) is 9.61 Å². The Bertz CT molecular complexity index is 961. The number of fused-ring (bicyclic) bond motifs is 1. The van der Waals surface area contributed by atoms with Crippen molar-refractivity contribution in [3.05, 3.63) is 57.0 Å². The largest absolute Gasteiger partial charge is 0.324 e. The first kappa shape index (κ1) is 17.2. The summed E-state index contributed by atoms with van der Waals surface area (Å²) in [5, 5.41) is 7.96. The molecule has 0 saturated carbocycles. The molecule has 7 nitrogen and oxygen atoms in total. The van der Waals surface area contributed by atoms with Crippen LogP contribution in [0.25, 0.3) is 4.96 Å². The molecule has 2 heterocycles. The molecule has 0 saturated heterocycles. The van der Waals surface area contributed by atoms with E-state index in [-0.39, 0.29) is 11.5 Å². The predicted molar refractivity (Wildman–Crippen MR) is 97.1 cm³/mol. The Morgan fingerprint density at radius 1 is 1.28 bits per heavy atom. The first-order valence-electron chi connectivity index (χ1n) is 7.95. The molecule has 8 heteroatoms. The number of hydrogen-bond donors (Lipinski definition) is 2. The molecule has 130 valence electrons. The Labute approximate surface area is 148 Å². The van der Waals surface area contributed by atoms with Gasteiger partial charge in [0.1, 0.15) is 6.54 Å². The quantitative estimate of drug-likeness (QED) is 0.693. The lowest BCUT2D eigenvalue weighted by molar-refractivity contribution is -0.885. The Balaban J connectivity index is 1.63. The zero-order valence-electron chi connectivity index (χ0n) is 14.4. The van der Waals surface area contributed by atoms with Crippen LogP contribution in [-0.2, 0) is 11.3 Å². The Morgan fingerprint density at radius 3 is 2.72 bits per heavy atom. The zero-order valence-corrected chi connectivity index (χ0v) is 15.2. The van der Waals surface area contributed by atoms with Crippen molar-refractivity contribution >= 4 is 27.9 Å². The van der Waals surface area contributed by atoms with Crippen molar-refractivity contribution < 1.29 is 9.69 Å². The number of amides is 1. The highest BCUT2D eigenvalue weighted by Crippen LogP contribution is 2.10. The van der Waals surface area contributed by atoms with Gasteiger partial charge in [-0.05, 0) is 26.0 Å². The highest BCUT2D eigenvalue weighted by molar-refractivity contribution is 7.16. The van der Waals surface area contributed by atoms with Crippen LogP contribution in [0.2, 0.25) is 0 Å². The third-order valence-electron chi connectivity index (χ3n) is 3.67. The van der Waals surface area contributed by atoms with Gasteiger partial charge >= 0.3 is 0 Å². The summed E-state index contributed by atoms with van der Waals surface area (Å²) in [6, 6.07) is 9.15. The van der Waals surface area contributed by atoms with Crippen molar-refractivity contribution in [1.82, 2.24) is 14.6 Å². The van der Waals surface area contributed by atoms with Crippen LogP contribution < -0.4 is 15.8 Å². The fourth-order valence-corrected chi connectivity index (χ4v) is 3.53. The zero-order chi connectivity index (χ0) is 18.0. The number of aromatic nitrogens is 3. The van der Waals surface area contributed by atoms with E-state index in [9.17, 15) is 9.59 Å². The van der Waals surface area contributed by atoms with Gasteiger partial charge in [0.2, 0.25) is 4.96 Å². The van der Waals surface area contributed by atoms with Crippen molar-refractivity contribution in [2.45, 2.75) is 20.4 Å². The molecular formula is C17H20N5O2S+. The predicted octanol–water partition coefficient (Wildman–Crippen LogP) is 0.421. The van der Waals surface area contributed by atoms with Crippen LogP contribution in [0.3, 0.4) is 0 Å². The highest BCUT2D eigenvalue weighted by Gasteiger charge is 2.15. The number of carbonyl (C=O) groups is 1.